The standard InChI is InChI=1S/C21H26IN5O2.C19H21IN4O3.C14H12IN3O.C14H13N3O.C10H8BrNO2.C9H8BrNO.S6.S5.S4.S3.S2.H2S/c1-13-23-9-15(10-24-13)16-8-17-18(7-14(16)11-26(5)6)27(25-20(17)22)12-19(28)29-21(2,3)4;1-11-21-7-13(8-22-11)14-6-15-16(5-12(14)10-25)24(23-18(15)20)9-17(26)27-19(2,3)4;1-8-16-5-11(6-17-8)12-3-13-9(2-10(12)7-19)4-18-14(13)15;1-9-16-6-13(7-17-9)14-3-11-5-15-4-10(11)2-12(14)8-18;1-14-10(13)8-2-6-4-12-5-7(6)3-9(8)11;10-9-2-7-4-11-3-6(7)1-8(9)5-12;1-3-5-6-4-2;1-3-5-4-2;1-3-4-2;1-3-2;1-2;/h7-10H,11-12H2,1-6H3;5-8,25H,9-10H2,1-4H3;2-3,5-6,19H,4,7H2,1H3;2-3,5-7,18H,4,8H2,1H3;2-3,5H,4H2,1H3;1-2,4,12H,3,5H2;;;;;;1H2. The highest BCUT2D eigenvalue weighted by Gasteiger charge is 2.26. The van der Waals surface area contributed by atoms with E-state index < -0.39 is 11.2 Å². The molecule has 0 aliphatic carbocycles. The van der Waals surface area contributed by atoms with E-state index in [1.807, 2.05) is 163 Å². The van der Waals surface area contributed by atoms with Crippen LogP contribution < -0.4 is 0 Å². The number of aliphatic hydroxyl groups is 4. The number of ether oxygens (including phenoxy) is 3. The molecule has 0 saturated heterocycles. The number of esters is 3. The molecule has 140 heavy (non-hydrogen) atoms. The van der Waals surface area contributed by atoms with Crippen molar-refractivity contribution < 1.29 is 49.0 Å². The average Bonchev–Trinajstić information content (AvgIpc) is 1.62. The molecule has 16 rings (SSSR count). The molecule has 27 nitrogen and oxygen atoms in total. The summed E-state index contributed by atoms with van der Waals surface area (Å²) in [5.41, 5.74) is 22.3. The quantitative estimate of drug-likeness (QED) is 0.0421. The fourth-order valence-electron chi connectivity index (χ4n) is 13.0. The number of carbonyl (C=O) groups is 3. The summed E-state index contributed by atoms with van der Waals surface area (Å²) < 4.78 is 23.2. The van der Waals surface area contributed by atoms with Crippen LogP contribution in [0.15, 0.2) is 151 Å². The maximum Gasteiger partial charge on any atom is 0.339 e. The topological polar surface area (TPSA) is 351 Å². The lowest BCUT2D eigenvalue weighted by atomic mass is 9.96. The van der Waals surface area contributed by atoms with Crippen molar-refractivity contribution in [2.24, 2.45) is 20.0 Å². The Morgan fingerprint density at radius 3 is 1.11 bits per heavy atom. The Labute approximate surface area is 954 Å². The van der Waals surface area contributed by atoms with Gasteiger partial charge in [0.1, 0.15) is 58.7 Å². The van der Waals surface area contributed by atoms with E-state index in [1.54, 1.807) is 52.8 Å². The van der Waals surface area contributed by atoms with Crippen molar-refractivity contribution in [3.63, 3.8) is 0 Å². The summed E-state index contributed by atoms with van der Waals surface area (Å²) in [5.74, 6) is 1.92. The van der Waals surface area contributed by atoms with Crippen LogP contribution in [0.4, 0.5) is 0 Å². The number of aromatic nitrogens is 12. The van der Waals surface area contributed by atoms with Crippen LogP contribution in [-0.2, 0) is 297 Å². The Bertz CT molecular complexity index is 6950. The van der Waals surface area contributed by atoms with Crippen molar-refractivity contribution in [2.75, 3.05) is 21.2 Å². The Morgan fingerprint density at radius 1 is 0.436 bits per heavy atom. The lowest BCUT2D eigenvalue weighted by Crippen LogP contribution is -2.26. The zero-order valence-corrected chi connectivity index (χ0v) is 103. The van der Waals surface area contributed by atoms with Crippen molar-refractivity contribution in [1.29, 1.82) is 0 Å². The first-order valence-electron chi connectivity index (χ1n) is 40.0. The molecule has 4 aliphatic heterocycles. The van der Waals surface area contributed by atoms with E-state index in [4.69, 9.17) is 14.6 Å². The monoisotopic (exact) mass is 2740 g/mol. The molecule has 6 aromatic carbocycles. The highest BCUT2D eigenvalue weighted by atomic mass is 127. The number of nitrogens with zero attached hydrogens (tertiary/aromatic N) is 17. The van der Waals surface area contributed by atoms with Crippen LogP contribution in [-0.4, -0.2) is 157 Å². The van der Waals surface area contributed by atoms with Crippen molar-refractivity contribution in [1.82, 2.24) is 64.3 Å². The summed E-state index contributed by atoms with van der Waals surface area (Å²) in [5, 5.41) is 48.8. The van der Waals surface area contributed by atoms with Crippen molar-refractivity contribution in [2.45, 2.75) is 153 Å². The van der Waals surface area contributed by atoms with E-state index in [0.717, 1.165) is 187 Å². The Kier molecular flexibility index (Phi) is 58.7. The Balaban J connectivity index is 0.000000289. The molecule has 10 heterocycles. The number of hydrogen-bond acceptors (Lipinski definition) is 35. The smallest absolute Gasteiger partial charge is 0.339 e. The molecule has 0 fully saturated rings. The molecule has 12 aromatic rings. The van der Waals surface area contributed by atoms with Crippen LogP contribution in [0.3, 0.4) is 0 Å². The number of benzene rings is 6. The first kappa shape index (κ1) is 126. The second-order valence-corrected chi connectivity index (χ2v) is 53.3. The minimum atomic E-state index is -0.554. The Hall–Kier alpha value is -4.63. The molecule has 0 radical (unpaired) electrons. The van der Waals surface area contributed by atoms with E-state index in [-0.39, 0.29) is 70.9 Å². The minimum absolute atomic E-state index is 0. The first-order chi connectivity index (χ1) is 66.4. The molecular weight excluding hydrogens is 2660 g/mol. The maximum atomic E-state index is 12.4. The third kappa shape index (κ3) is 40.4. The number of hydrogen-bond donors (Lipinski definition) is 4. The molecule has 0 spiro atoms. The van der Waals surface area contributed by atoms with Crippen molar-refractivity contribution >= 4 is 376 Å². The summed E-state index contributed by atoms with van der Waals surface area (Å²) in [4.78, 5) is 88.9. The lowest BCUT2D eigenvalue weighted by Gasteiger charge is -2.19. The number of fused-ring (bicyclic) bond motifs is 6. The minimum Gasteiger partial charge on any atom is -0.465 e. The number of methoxy groups -OCH3 is 1. The molecule has 0 atom stereocenters. The predicted octanol–water partition coefficient (Wildman–Crippen LogP) is 15.7. The fraction of sp³-hybridized carbons (Fsp3) is 0.299. The molecule has 0 unspecified atom stereocenters. The van der Waals surface area contributed by atoms with Gasteiger partial charge in [-0.05, 0) is 317 Å². The van der Waals surface area contributed by atoms with Gasteiger partial charge in [0, 0.05) is 323 Å². The van der Waals surface area contributed by atoms with Gasteiger partial charge < -0.3 is 39.5 Å². The summed E-state index contributed by atoms with van der Waals surface area (Å²) >= 11 is 55.5. The van der Waals surface area contributed by atoms with Gasteiger partial charge in [-0.15, -0.1) is 0 Å². The molecular formula is C87H90Br2I3N17O10S21. The van der Waals surface area contributed by atoms with E-state index in [1.165, 1.54) is 98.2 Å². The van der Waals surface area contributed by atoms with E-state index in [0.29, 0.717) is 31.0 Å². The van der Waals surface area contributed by atoms with Crippen LogP contribution in [0.2, 0.25) is 0 Å². The van der Waals surface area contributed by atoms with Gasteiger partial charge in [-0.2, -0.15) is 23.7 Å². The highest BCUT2D eigenvalue weighted by Crippen LogP contribution is 2.37. The summed E-state index contributed by atoms with van der Waals surface area (Å²) in [6.45, 7) is 22.0. The van der Waals surface area contributed by atoms with Crippen molar-refractivity contribution in [3.05, 3.63) is 240 Å². The first-order valence-corrected chi connectivity index (χ1v) is 64.8. The van der Waals surface area contributed by atoms with Gasteiger partial charge in [0.05, 0.1) is 76.3 Å². The van der Waals surface area contributed by atoms with Gasteiger partial charge in [0.2, 0.25) is 0 Å². The Morgan fingerprint density at radius 2 is 0.764 bits per heavy atom. The van der Waals surface area contributed by atoms with Gasteiger partial charge in [-0.3, -0.25) is 38.9 Å². The number of rotatable bonds is 15. The predicted molar refractivity (Wildman–Crippen MR) is 649 cm³/mol. The zero-order valence-electron chi connectivity index (χ0n) is 76.5. The zero-order chi connectivity index (χ0) is 103. The van der Waals surface area contributed by atoms with Crippen LogP contribution in [0.25, 0.3) is 66.3 Å². The van der Waals surface area contributed by atoms with Crippen LogP contribution >= 0.6 is 113 Å². The number of carbonyl (C=O) groups excluding carboxylic acids is 3. The molecule has 4 aliphatic rings. The van der Waals surface area contributed by atoms with Gasteiger partial charge in [-0.25, -0.2) is 44.7 Å². The number of aliphatic hydroxyl groups excluding tert-OH is 4. The number of aryl methyl sites for hydroxylation is 4. The van der Waals surface area contributed by atoms with Crippen LogP contribution in [0.1, 0.15) is 148 Å². The van der Waals surface area contributed by atoms with E-state index >= 15 is 0 Å². The molecule has 53 heteroatoms. The average molecular weight is 2750 g/mol. The number of aliphatic imine (C=N–C) groups is 4. The summed E-state index contributed by atoms with van der Waals surface area (Å²) in [6.07, 6.45) is 19.9. The van der Waals surface area contributed by atoms with E-state index in [2.05, 4.69) is 309 Å². The maximum absolute atomic E-state index is 12.4. The summed E-state index contributed by atoms with van der Waals surface area (Å²) in [7, 11) is 18.3. The molecule has 0 amide bonds. The van der Waals surface area contributed by atoms with E-state index in [9.17, 15) is 29.7 Å². The molecule has 744 valence electrons. The molecule has 0 bridgehead atoms. The largest absolute Gasteiger partial charge is 0.465 e. The van der Waals surface area contributed by atoms with Gasteiger partial charge in [0.15, 0.2) is 0 Å². The summed E-state index contributed by atoms with van der Waals surface area (Å²) in [6, 6.07) is 23.9. The third-order valence-electron chi connectivity index (χ3n) is 18.7. The van der Waals surface area contributed by atoms with Gasteiger partial charge >= 0.3 is 17.9 Å². The normalized spacial score (nSPS) is 11.3. The molecule has 0 saturated carbocycles. The highest BCUT2D eigenvalue weighted by molar-refractivity contribution is 14.1. The molecule has 4 N–H and O–H groups in total. The lowest BCUT2D eigenvalue weighted by molar-refractivity contribution is -0.156. The second kappa shape index (κ2) is 65.3. The third-order valence-corrected chi connectivity index (χ3v) is 35.9. The van der Waals surface area contributed by atoms with Crippen molar-refractivity contribution in [3.8, 4) is 44.5 Å². The van der Waals surface area contributed by atoms with Crippen LogP contribution in [0.5, 0.6) is 0 Å². The van der Waals surface area contributed by atoms with Gasteiger partial charge in [-0.1, -0.05) is 28.1 Å². The second-order valence-electron chi connectivity index (χ2n) is 30.8. The van der Waals surface area contributed by atoms with Crippen LogP contribution in [0, 0.1) is 35.1 Å². The SMILES string of the molecule is COC(=O)c1cc2c(cc1Br)C=NC2.Cc1ncc(-c2cc3c(I)nn(CC(=O)OC(C)(C)C)c3cc2CN(C)C)cn1.Cc1ncc(-c2cc3c(I)nn(CC(=O)OC(C)(C)C)c3cc2CO)cn1.Cc1ncc(-c2cc3c(cc2CO)CN=C3)cn1.Cc1ncc(-c2cc3c(cc2CO)CN=C3I)cn1.OCc1cc2c(cc1Br)C=NC2.S.S=S.S=S=S.S=S=S=S.S=S=S=S=S.S=S=S=S=S=S. The number of halogens is 5. The molecule has 6 aromatic heterocycles. The van der Waals surface area contributed by atoms with Gasteiger partial charge in [0.25, 0.3) is 0 Å². The fourth-order valence-corrected chi connectivity index (χ4v) is 24.3.